The average Bonchev–Trinajstić information content (AvgIpc) is 3.16. The van der Waals surface area contributed by atoms with Crippen LogP contribution in [0.15, 0.2) is 12.4 Å². The molecular weight excluding hydrogens is 332 g/mol. The van der Waals surface area contributed by atoms with Crippen molar-refractivity contribution in [2.45, 2.75) is 19.8 Å². The third kappa shape index (κ3) is 2.56. The summed E-state index contributed by atoms with van der Waals surface area (Å²) in [6.07, 6.45) is 3.26. The zero-order valence-electron chi connectivity index (χ0n) is 15.6. The zero-order valence-corrected chi connectivity index (χ0v) is 15.6. The van der Waals surface area contributed by atoms with E-state index in [1.54, 1.807) is 19.5 Å². The summed E-state index contributed by atoms with van der Waals surface area (Å²) < 4.78 is 5.29. The Balaban J connectivity index is 1.54. The first-order valence-corrected chi connectivity index (χ1v) is 8.79. The van der Waals surface area contributed by atoms with Gasteiger partial charge in [-0.15, -0.1) is 0 Å². The number of carbonyl (C=O) groups is 1. The maximum absolute atomic E-state index is 13.0. The van der Waals surface area contributed by atoms with E-state index in [-0.39, 0.29) is 17.2 Å². The van der Waals surface area contributed by atoms with Crippen LogP contribution in [-0.2, 0) is 0 Å². The summed E-state index contributed by atoms with van der Waals surface area (Å²) in [6, 6.07) is 0. The van der Waals surface area contributed by atoms with Gasteiger partial charge in [-0.3, -0.25) is 14.9 Å². The Morgan fingerprint density at radius 3 is 2.73 bits per heavy atom. The number of nitrogens with one attached hydrogen (secondary N) is 1. The molecule has 8 nitrogen and oxygen atoms in total. The molecule has 2 aliphatic rings. The van der Waals surface area contributed by atoms with Gasteiger partial charge in [0.1, 0.15) is 11.6 Å². The Morgan fingerprint density at radius 1 is 1.31 bits per heavy atom. The van der Waals surface area contributed by atoms with Crippen molar-refractivity contribution in [2.75, 3.05) is 40.3 Å². The van der Waals surface area contributed by atoms with Crippen molar-refractivity contribution < 1.29 is 9.53 Å². The predicted molar refractivity (Wildman–Crippen MR) is 95.2 cm³/mol. The molecule has 0 aliphatic carbocycles. The number of aryl methyl sites for hydroxylation is 1. The number of likely N-dealkylation sites (tertiary alicyclic amines) is 2. The van der Waals surface area contributed by atoms with Crippen molar-refractivity contribution in [3.05, 3.63) is 35.2 Å². The van der Waals surface area contributed by atoms with Crippen LogP contribution in [0.25, 0.3) is 0 Å². The van der Waals surface area contributed by atoms with E-state index in [9.17, 15) is 4.79 Å². The number of amides is 1. The largest absolute Gasteiger partial charge is 0.495 e. The van der Waals surface area contributed by atoms with E-state index < -0.39 is 0 Å². The second kappa shape index (κ2) is 6.05. The van der Waals surface area contributed by atoms with Crippen LogP contribution >= 0.6 is 0 Å². The van der Waals surface area contributed by atoms with Gasteiger partial charge in [-0.2, -0.15) is 5.10 Å². The number of H-pyrrole nitrogens is 1. The molecule has 4 heterocycles. The number of carbonyl (C=O) groups excluding carboxylic acids is 1. The molecule has 2 saturated heterocycles. The summed E-state index contributed by atoms with van der Waals surface area (Å²) in [5.41, 5.74) is 1.47. The molecule has 0 aromatic carbocycles. The quantitative estimate of drug-likeness (QED) is 0.883. The number of aromatic amines is 1. The molecule has 1 amide bonds. The van der Waals surface area contributed by atoms with Gasteiger partial charge in [-0.25, -0.2) is 4.98 Å². The van der Waals surface area contributed by atoms with Gasteiger partial charge in [0.25, 0.3) is 5.91 Å². The number of ether oxygens (including phenoxy) is 1. The molecule has 1 N–H and O–H groups in total. The summed E-state index contributed by atoms with van der Waals surface area (Å²) >= 11 is 0. The van der Waals surface area contributed by atoms with E-state index in [0.717, 1.165) is 30.3 Å². The first-order valence-electron chi connectivity index (χ1n) is 8.79. The van der Waals surface area contributed by atoms with Crippen LogP contribution in [0.2, 0.25) is 0 Å². The summed E-state index contributed by atoms with van der Waals surface area (Å²) in [4.78, 5) is 25.8. The van der Waals surface area contributed by atoms with Crippen LogP contribution in [0.5, 0.6) is 5.75 Å². The standard InChI is InChI=1S/C18H24N6O2/c1-11-13(5-19-6-15(11)26-4)17(25)24-9-18(10-24)8-23(3)7-14(18)16-20-12(2)21-22-16/h5-6,14H,7-10H2,1-4H3,(H,20,21,22). The van der Waals surface area contributed by atoms with E-state index in [1.165, 1.54) is 0 Å². The SMILES string of the molecule is COc1cncc(C(=O)N2CC3(CN(C)CC3c3n[nH]c(C)n3)C2)c1C. The molecule has 1 spiro atoms. The fourth-order valence-corrected chi connectivity index (χ4v) is 4.36. The van der Waals surface area contributed by atoms with Crippen LogP contribution in [0.4, 0.5) is 0 Å². The Labute approximate surface area is 152 Å². The molecule has 2 aromatic heterocycles. The predicted octanol–water partition coefficient (Wildman–Crippen LogP) is 0.997. The van der Waals surface area contributed by atoms with Crippen LogP contribution in [0.3, 0.4) is 0 Å². The number of methoxy groups -OCH3 is 1. The smallest absolute Gasteiger partial charge is 0.255 e. The van der Waals surface area contributed by atoms with Gasteiger partial charge in [0.15, 0.2) is 5.82 Å². The normalized spacial score (nSPS) is 21.8. The third-order valence-corrected chi connectivity index (χ3v) is 5.66. The molecule has 138 valence electrons. The fraction of sp³-hybridized carbons (Fsp3) is 0.556. The number of nitrogens with zero attached hydrogens (tertiary/aromatic N) is 5. The number of aromatic nitrogens is 4. The highest BCUT2D eigenvalue weighted by atomic mass is 16.5. The van der Waals surface area contributed by atoms with Crippen molar-refractivity contribution in [3.63, 3.8) is 0 Å². The molecule has 8 heteroatoms. The molecule has 2 aliphatic heterocycles. The van der Waals surface area contributed by atoms with Crippen LogP contribution in [0, 0.1) is 19.3 Å². The lowest BCUT2D eigenvalue weighted by Crippen LogP contribution is -2.61. The number of hydrogen-bond donors (Lipinski definition) is 1. The Hall–Kier alpha value is -2.48. The molecule has 1 unspecified atom stereocenters. The molecular formula is C18H24N6O2. The number of pyridine rings is 1. The Morgan fingerprint density at radius 2 is 2.08 bits per heavy atom. The zero-order chi connectivity index (χ0) is 18.5. The second-order valence-electron chi connectivity index (χ2n) is 7.57. The summed E-state index contributed by atoms with van der Waals surface area (Å²) in [5, 5.41) is 7.33. The lowest BCUT2D eigenvalue weighted by molar-refractivity contribution is 0.00289. The highest BCUT2D eigenvalue weighted by molar-refractivity contribution is 5.96. The third-order valence-electron chi connectivity index (χ3n) is 5.66. The molecule has 0 saturated carbocycles. The van der Waals surface area contributed by atoms with Crippen molar-refractivity contribution in [3.8, 4) is 5.75 Å². The molecule has 0 bridgehead atoms. The number of rotatable bonds is 3. The van der Waals surface area contributed by atoms with Gasteiger partial charge in [0, 0.05) is 49.3 Å². The van der Waals surface area contributed by atoms with Gasteiger partial charge in [-0.1, -0.05) is 0 Å². The maximum atomic E-state index is 13.0. The van der Waals surface area contributed by atoms with Crippen LogP contribution in [0.1, 0.15) is 33.5 Å². The molecule has 0 radical (unpaired) electrons. The van der Waals surface area contributed by atoms with Gasteiger partial charge in [-0.05, 0) is 20.9 Å². The highest BCUT2D eigenvalue weighted by Gasteiger charge is 2.56. The van der Waals surface area contributed by atoms with Crippen molar-refractivity contribution in [2.24, 2.45) is 5.41 Å². The molecule has 26 heavy (non-hydrogen) atoms. The van der Waals surface area contributed by atoms with Crippen molar-refractivity contribution in [1.82, 2.24) is 30.0 Å². The van der Waals surface area contributed by atoms with E-state index in [0.29, 0.717) is 24.4 Å². The van der Waals surface area contributed by atoms with Gasteiger partial charge < -0.3 is 14.5 Å². The number of likely N-dealkylation sites (N-methyl/N-ethyl adjacent to an activating group) is 1. The average molecular weight is 356 g/mol. The lowest BCUT2D eigenvalue weighted by atomic mass is 9.71. The Bertz CT molecular complexity index is 842. The first kappa shape index (κ1) is 17.0. The van der Waals surface area contributed by atoms with Gasteiger partial charge >= 0.3 is 0 Å². The Kier molecular flexibility index (Phi) is 3.95. The maximum Gasteiger partial charge on any atom is 0.255 e. The minimum Gasteiger partial charge on any atom is -0.495 e. The second-order valence-corrected chi connectivity index (χ2v) is 7.57. The van der Waals surface area contributed by atoms with E-state index in [2.05, 4.69) is 32.1 Å². The summed E-state index contributed by atoms with van der Waals surface area (Å²) in [6.45, 7) is 7.10. The van der Waals surface area contributed by atoms with Crippen LogP contribution < -0.4 is 4.74 Å². The first-order chi connectivity index (χ1) is 12.4. The van der Waals surface area contributed by atoms with Crippen LogP contribution in [-0.4, -0.2) is 76.2 Å². The van der Waals surface area contributed by atoms with E-state index >= 15 is 0 Å². The molecule has 2 fully saturated rings. The summed E-state index contributed by atoms with van der Waals surface area (Å²) in [7, 11) is 3.70. The summed E-state index contributed by atoms with van der Waals surface area (Å²) in [5.74, 6) is 2.58. The fourth-order valence-electron chi connectivity index (χ4n) is 4.36. The monoisotopic (exact) mass is 356 g/mol. The topological polar surface area (TPSA) is 87.2 Å². The van der Waals surface area contributed by atoms with E-state index in [4.69, 9.17) is 4.74 Å². The highest BCUT2D eigenvalue weighted by Crippen LogP contribution is 2.48. The molecule has 1 atom stereocenters. The lowest BCUT2D eigenvalue weighted by Gasteiger charge is -2.50. The van der Waals surface area contributed by atoms with Crippen molar-refractivity contribution >= 4 is 5.91 Å². The molecule has 2 aromatic rings. The minimum absolute atomic E-state index is 0.0130. The number of hydrogen-bond acceptors (Lipinski definition) is 6. The van der Waals surface area contributed by atoms with Crippen molar-refractivity contribution in [1.29, 1.82) is 0 Å². The molecule has 4 rings (SSSR count). The minimum atomic E-state index is 0.0130. The van der Waals surface area contributed by atoms with E-state index in [1.807, 2.05) is 18.7 Å². The van der Waals surface area contributed by atoms with Gasteiger partial charge in [0.05, 0.1) is 18.9 Å². The van der Waals surface area contributed by atoms with Gasteiger partial charge in [0.2, 0.25) is 0 Å².